The highest BCUT2D eigenvalue weighted by Crippen LogP contribution is 2.39. The predicted octanol–water partition coefficient (Wildman–Crippen LogP) is 1.23. The van der Waals surface area contributed by atoms with E-state index >= 15 is 0 Å². The van der Waals surface area contributed by atoms with Gasteiger partial charge in [0.05, 0.1) is 4.90 Å². The van der Waals surface area contributed by atoms with Gasteiger partial charge in [0, 0.05) is 12.1 Å². The summed E-state index contributed by atoms with van der Waals surface area (Å²) in [7, 11) is -3.65. The van der Waals surface area contributed by atoms with Crippen molar-refractivity contribution < 1.29 is 12.8 Å². The van der Waals surface area contributed by atoms with Gasteiger partial charge in [-0.25, -0.2) is 17.5 Å². The molecule has 1 fully saturated rings. The van der Waals surface area contributed by atoms with Crippen molar-refractivity contribution in [1.29, 1.82) is 0 Å². The van der Waals surface area contributed by atoms with Crippen LogP contribution in [0.5, 0.6) is 0 Å². The number of nitrogens with two attached hydrogens (primary N) is 1. The van der Waals surface area contributed by atoms with E-state index in [1.54, 1.807) is 0 Å². The van der Waals surface area contributed by atoms with E-state index in [9.17, 15) is 12.8 Å². The van der Waals surface area contributed by atoms with Crippen molar-refractivity contribution in [2.24, 2.45) is 11.7 Å². The summed E-state index contributed by atoms with van der Waals surface area (Å²) in [5.41, 5.74) is 5.05. The van der Waals surface area contributed by atoms with Gasteiger partial charge < -0.3 is 5.73 Å². The summed E-state index contributed by atoms with van der Waals surface area (Å²) in [6, 6.07) is 4.76. The number of sulfonamides is 1. The highest BCUT2D eigenvalue weighted by molar-refractivity contribution is 7.89. The highest BCUT2D eigenvalue weighted by atomic mass is 32.2. The second-order valence-electron chi connectivity index (χ2n) is 4.96. The zero-order valence-corrected chi connectivity index (χ0v) is 11.0. The van der Waals surface area contributed by atoms with Crippen LogP contribution < -0.4 is 10.5 Å². The first-order chi connectivity index (χ1) is 8.37. The van der Waals surface area contributed by atoms with Gasteiger partial charge in [-0.05, 0) is 49.9 Å². The monoisotopic (exact) mass is 272 g/mol. The molecule has 1 aliphatic rings. The van der Waals surface area contributed by atoms with E-state index in [1.807, 2.05) is 6.92 Å². The first kappa shape index (κ1) is 13.5. The third-order valence-electron chi connectivity index (χ3n) is 3.39. The Hall–Kier alpha value is -0.980. The van der Waals surface area contributed by atoms with E-state index in [0.717, 1.165) is 25.0 Å². The molecule has 18 heavy (non-hydrogen) atoms. The molecule has 1 aliphatic carbocycles. The van der Waals surface area contributed by atoms with Gasteiger partial charge in [0.1, 0.15) is 5.82 Å². The van der Waals surface area contributed by atoms with Crippen LogP contribution in [-0.2, 0) is 10.0 Å². The number of rotatable bonds is 5. The van der Waals surface area contributed by atoms with Crippen molar-refractivity contribution in [2.75, 3.05) is 6.54 Å². The van der Waals surface area contributed by atoms with Crippen molar-refractivity contribution in [2.45, 2.75) is 30.2 Å². The molecule has 1 aromatic rings. The van der Waals surface area contributed by atoms with Gasteiger partial charge in [-0.2, -0.15) is 0 Å². The zero-order valence-electron chi connectivity index (χ0n) is 10.2. The largest absolute Gasteiger partial charge is 0.329 e. The van der Waals surface area contributed by atoms with Crippen molar-refractivity contribution in [3.63, 3.8) is 0 Å². The Kier molecular flexibility index (Phi) is 3.44. The smallest absolute Gasteiger partial charge is 0.241 e. The van der Waals surface area contributed by atoms with Gasteiger partial charge in [-0.3, -0.25) is 0 Å². The summed E-state index contributed by atoms with van der Waals surface area (Å²) in [5.74, 6) is -0.171. The van der Waals surface area contributed by atoms with Crippen molar-refractivity contribution in [1.82, 2.24) is 4.72 Å². The van der Waals surface area contributed by atoms with E-state index in [4.69, 9.17) is 5.73 Å². The third kappa shape index (κ3) is 2.71. The third-order valence-corrected chi connectivity index (χ3v) is 5.02. The van der Waals surface area contributed by atoms with E-state index < -0.39 is 21.4 Å². The molecule has 1 unspecified atom stereocenters. The molecule has 100 valence electrons. The van der Waals surface area contributed by atoms with Gasteiger partial charge in [0.25, 0.3) is 0 Å². The van der Waals surface area contributed by atoms with Crippen LogP contribution in [0.2, 0.25) is 0 Å². The quantitative estimate of drug-likeness (QED) is 0.847. The van der Waals surface area contributed by atoms with Crippen LogP contribution in [0.3, 0.4) is 0 Å². The second kappa shape index (κ2) is 4.60. The predicted molar refractivity (Wildman–Crippen MR) is 66.9 cm³/mol. The van der Waals surface area contributed by atoms with Gasteiger partial charge in [0.2, 0.25) is 10.0 Å². The minimum absolute atomic E-state index is 0.0595. The number of hydrogen-bond donors (Lipinski definition) is 2. The molecule has 0 saturated heterocycles. The topological polar surface area (TPSA) is 72.2 Å². The Labute approximate surface area is 106 Å². The Morgan fingerprint density at radius 3 is 2.39 bits per heavy atom. The molecular formula is C12H17FN2O2S. The van der Waals surface area contributed by atoms with Gasteiger partial charge in [0.15, 0.2) is 0 Å². The van der Waals surface area contributed by atoms with Gasteiger partial charge >= 0.3 is 0 Å². The minimum atomic E-state index is -3.65. The molecule has 1 saturated carbocycles. The summed E-state index contributed by atoms with van der Waals surface area (Å²) in [5, 5.41) is 0. The normalized spacial score (nSPS) is 19.5. The van der Waals surface area contributed by atoms with Crippen LogP contribution in [-0.4, -0.2) is 20.5 Å². The Balaban J connectivity index is 2.23. The highest BCUT2D eigenvalue weighted by Gasteiger charge is 2.43. The summed E-state index contributed by atoms with van der Waals surface area (Å²) < 4.78 is 39.7. The zero-order chi connectivity index (χ0) is 13.4. The lowest BCUT2D eigenvalue weighted by atomic mass is 9.98. The van der Waals surface area contributed by atoms with E-state index in [-0.39, 0.29) is 17.4 Å². The number of halogens is 1. The molecule has 0 aromatic heterocycles. The lowest BCUT2D eigenvalue weighted by Gasteiger charge is -2.29. The summed E-state index contributed by atoms with van der Waals surface area (Å²) in [6.45, 7) is 2.06. The molecule has 0 amide bonds. The fourth-order valence-corrected chi connectivity index (χ4v) is 3.47. The molecular weight excluding hydrogens is 255 g/mol. The molecule has 4 nitrogen and oxygen atoms in total. The SMILES string of the molecule is CC(CN)(NS(=O)(=O)c1ccc(F)cc1)C1CC1. The molecule has 6 heteroatoms. The van der Waals surface area contributed by atoms with Crippen LogP contribution in [0.25, 0.3) is 0 Å². The maximum atomic E-state index is 12.8. The average molecular weight is 272 g/mol. The molecule has 0 radical (unpaired) electrons. The number of nitrogens with one attached hydrogen (secondary N) is 1. The molecule has 0 aliphatic heterocycles. The van der Waals surface area contributed by atoms with Crippen molar-refractivity contribution >= 4 is 10.0 Å². The van der Waals surface area contributed by atoms with Crippen LogP contribution in [0, 0.1) is 11.7 Å². The van der Waals surface area contributed by atoms with Crippen LogP contribution in [0.15, 0.2) is 29.2 Å². The number of benzene rings is 1. The first-order valence-corrected chi connectivity index (χ1v) is 7.35. The summed E-state index contributed by atoms with van der Waals surface area (Å²) in [6.07, 6.45) is 1.97. The van der Waals surface area contributed by atoms with Gasteiger partial charge in [-0.1, -0.05) is 0 Å². The summed E-state index contributed by atoms with van der Waals surface area (Å²) >= 11 is 0. The van der Waals surface area contributed by atoms with E-state index in [2.05, 4.69) is 4.72 Å². The minimum Gasteiger partial charge on any atom is -0.329 e. The maximum Gasteiger partial charge on any atom is 0.241 e. The lowest BCUT2D eigenvalue weighted by Crippen LogP contribution is -2.52. The molecule has 2 rings (SSSR count). The fraction of sp³-hybridized carbons (Fsp3) is 0.500. The molecule has 1 aromatic carbocycles. The Morgan fingerprint density at radius 2 is 1.94 bits per heavy atom. The molecule has 3 N–H and O–H groups in total. The average Bonchev–Trinajstić information content (AvgIpc) is 3.13. The van der Waals surface area contributed by atoms with Crippen molar-refractivity contribution in [3.8, 4) is 0 Å². The molecule has 0 spiro atoms. The van der Waals surface area contributed by atoms with Gasteiger partial charge in [-0.15, -0.1) is 0 Å². The standard InChI is InChI=1S/C12H17FN2O2S/c1-12(8-14,9-2-3-9)15-18(16,17)11-6-4-10(13)5-7-11/h4-7,9,15H,2-3,8,14H2,1H3. The van der Waals surface area contributed by atoms with E-state index in [0.29, 0.717) is 0 Å². The van der Waals surface area contributed by atoms with Crippen molar-refractivity contribution in [3.05, 3.63) is 30.1 Å². The fourth-order valence-electron chi connectivity index (χ4n) is 1.99. The molecule has 0 bridgehead atoms. The lowest BCUT2D eigenvalue weighted by molar-refractivity contribution is 0.374. The molecule has 1 atom stereocenters. The maximum absolute atomic E-state index is 12.8. The Bertz CT molecular complexity index is 526. The second-order valence-corrected chi connectivity index (χ2v) is 6.64. The van der Waals surface area contributed by atoms with E-state index in [1.165, 1.54) is 12.1 Å². The molecule has 0 heterocycles. The van der Waals surface area contributed by atoms with Crippen LogP contribution in [0.1, 0.15) is 19.8 Å². The number of hydrogen-bond acceptors (Lipinski definition) is 3. The first-order valence-electron chi connectivity index (χ1n) is 5.87. The summed E-state index contributed by atoms with van der Waals surface area (Å²) in [4.78, 5) is 0.0595. The van der Waals surface area contributed by atoms with Crippen LogP contribution >= 0.6 is 0 Å². The van der Waals surface area contributed by atoms with Crippen LogP contribution in [0.4, 0.5) is 4.39 Å². The Morgan fingerprint density at radius 1 is 1.39 bits per heavy atom.